The van der Waals surface area contributed by atoms with Crippen LogP contribution < -0.4 is 10.1 Å². The molecular weight excluding hydrogens is 366 g/mol. The maximum Gasteiger partial charge on any atom is 0.411 e. The van der Waals surface area contributed by atoms with Crippen LogP contribution in [0.3, 0.4) is 0 Å². The van der Waals surface area contributed by atoms with E-state index < -0.39 is 23.9 Å². The first-order chi connectivity index (χ1) is 13.4. The molecule has 0 aromatic heterocycles. The van der Waals surface area contributed by atoms with E-state index in [1.165, 1.54) is 0 Å². The summed E-state index contributed by atoms with van der Waals surface area (Å²) in [5.74, 6) is -3.92. The van der Waals surface area contributed by atoms with E-state index in [4.69, 9.17) is 19.7 Å². The van der Waals surface area contributed by atoms with E-state index >= 15 is 0 Å². The molecule has 0 atom stereocenters. The van der Waals surface area contributed by atoms with Crippen LogP contribution in [0.2, 0.25) is 0 Å². The Bertz CT molecular complexity index is 822. The van der Waals surface area contributed by atoms with Gasteiger partial charge in [-0.25, -0.2) is 4.79 Å². The Morgan fingerprint density at radius 3 is 2.32 bits per heavy atom. The molecule has 0 unspecified atom stereocenters. The lowest BCUT2D eigenvalue weighted by molar-refractivity contribution is -0.154. The van der Waals surface area contributed by atoms with Gasteiger partial charge in [-0.05, 0) is 43.2 Å². The summed E-state index contributed by atoms with van der Waals surface area (Å²) in [5.41, 5.74) is 1.58. The summed E-state index contributed by atoms with van der Waals surface area (Å²) in [6, 6.07) is 13.6. The number of aliphatic carboxylic acids is 2. The van der Waals surface area contributed by atoms with Crippen molar-refractivity contribution in [3.05, 3.63) is 59.7 Å². The van der Waals surface area contributed by atoms with Crippen LogP contribution in [0, 0.1) is 5.92 Å². The second kappa shape index (κ2) is 9.96. The van der Waals surface area contributed by atoms with E-state index in [1.807, 2.05) is 6.07 Å². The van der Waals surface area contributed by atoms with Gasteiger partial charge in [0.05, 0.1) is 6.61 Å². The third-order valence-electron chi connectivity index (χ3n) is 3.84. The zero-order chi connectivity index (χ0) is 20.5. The predicted octanol–water partition coefficient (Wildman–Crippen LogP) is 3.16. The summed E-state index contributed by atoms with van der Waals surface area (Å²) >= 11 is 0. The predicted molar refractivity (Wildman–Crippen MR) is 100 cm³/mol. The van der Waals surface area contributed by atoms with E-state index in [2.05, 4.69) is 5.32 Å². The minimum atomic E-state index is -1.56. The topological polar surface area (TPSA) is 122 Å². The van der Waals surface area contributed by atoms with E-state index in [-0.39, 0.29) is 13.0 Å². The number of carbonyl (C=O) groups excluding carboxylic acids is 1. The Kier molecular flexibility index (Phi) is 7.38. The minimum Gasteiger partial charge on any atom is -0.493 e. The summed E-state index contributed by atoms with van der Waals surface area (Å²) in [4.78, 5) is 34.2. The monoisotopic (exact) mass is 387 g/mol. The van der Waals surface area contributed by atoms with Gasteiger partial charge in [-0.15, -0.1) is 0 Å². The molecule has 3 N–H and O–H groups in total. The average Bonchev–Trinajstić information content (AvgIpc) is 2.66. The highest BCUT2D eigenvalue weighted by atomic mass is 16.5. The molecule has 1 amide bonds. The molecule has 8 nitrogen and oxygen atoms in total. The molecule has 148 valence electrons. The number of carboxylic acid groups (broad SMARTS) is 2. The quantitative estimate of drug-likeness (QED) is 0.565. The Morgan fingerprint density at radius 1 is 1.04 bits per heavy atom. The van der Waals surface area contributed by atoms with Crippen molar-refractivity contribution >= 4 is 23.7 Å². The Morgan fingerprint density at radius 2 is 1.71 bits per heavy atom. The Hall–Kier alpha value is -3.55. The number of amides is 1. The first-order valence-corrected chi connectivity index (χ1v) is 8.59. The third kappa shape index (κ3) is 6.01. The van der Waals surface area contributed by atoms with Crippen LogP contribution in [0.15, 0.2) is 48.5 Å². The number of ether oxygens (including phenoxy) is 2. The van der Waals surface area contributed by atoms with Gasteiger partial charge in [0, 0.05) is 11.3 Å². The lowest BCUT2D eigenvalue weighted by atomic mass is 9.98. The highest BCUT2D eigenvalue weighted by molar-refractivity contribution is 5.93. The second-order valence-corrected chi connectivity index (χ2v) is 5.88. The first kappa shape index (κ1) is 20.8. The van der Waals surface area contributed by atoms with Crippen molar-refractivity contribution in [1.29, 1.82) is 0 Å². The minimum absolute atomic E-state index is 0.118. The lowest BCUT2D eigenvalue weighted by Gasteiger charge is -2.14. The van der Waals surface area contributed by atoms with Gasteiger partial charge in [0.1, 0.15) is 12.4 Å². The number of para-hydroxylation sites is 1. The molecule has 0 bridgehead atoms. The van der Waals surface area contributed by atoms with E-state index in [1.54, 1.807) is 49.4 Å². The van der Waals surface area contributed by atoms with Crippen LogP contribution in [0.5, 0.6) is 5.75 Å². The Labute approximate surface area is 161 Å². The summed E-state index contributed by atoms with van der Waals surface area (Å²) in [6.45, 7) is 2.06. The molecule has 0 fully saturated rings. The van der Waals surface area contributed by atoms with Gasteiger partial charge >= 0.3 is 18.0 Å². The normalized spacial score (nSPS) is 10.4. The summed E-state index contributed by atoms with van der Waals surface area (Å²) in [7, 11) is 0. The number of hydrogen-bond acceptors (Lipinski definition) is 5. The molecular formula is C20H21NO7. The maximum atomic E-state index is 12.0. The summed E-state index contributed by atoms with van der Waals surface area (Å²) in [6.07, 6.45) is -0.853. The van der Waals surface area contributed by atoms with Gasteiger partial charge in [0.15, 0.2) is 5.92 Å². The molecule has 0 aliphatic carbocycles. The summed E-state index contributed by atoms with van der Waals surface area (Å²) < 4.78 is 10.7. The zero-order valence-electron chi connectivity index (χ0n) is 15.3. The van der Waals surface area contributed by atoms with Gasteiger partial charge < -0.3 is 19.7 Å². The fraction of sp³-hybridized carbons (Fsp3) is 0.250. The molecule has 2 aromatic rings. The fourth-order valence-corrected chi connectivity index (χ4v) is 2.50. The number of benzene rings is 2. The number of carboxylic acids is 2. The van der Waals surface area contributed by atoms with Crippen LogP contribution in [0.1, 0.15) is 18.1 Å². The summed E-state index contributed by atoms with van der Waals surface area (Å²) in [5, 5.41) is 20.7. The smallest absolute Gasteiger partial charge is 0.411 e. The second-order valence-electron chi connectivity index (χ2n) is 5.88. The molecule has 2 rings (SSSR count). The van der Waals surface area contributed by atoms with Crippen LogP contribution in [0.4, 0.5) is 10.5 Å². The van der Waals surface area contributed by atoms with Crippen LogP contribution in [-0.2, 0) is 27.4 Å². The van der Waals surface area contributed by atoms with Crippen molar-refractivity contribution in [2.24, 2.45) is 5.92 Å². The third-order valence-corrected chi connectivity index (χ3v) is 3.84. The Balaban J connectivity index is 2.10. The van der Waals surface area contributed by atoms with Crippen LogP contribution in [0.25, 0.3) is 0 Å². The van der Waals surface area contributed by atoms with Crippen molar-refractivity contribution in [3.63, 3.8) is 0 Å². The molecule has 0 radical (unpaired) electrons. The fourth-order valence-electron chi connectivity index (χ4n) is 2.50. The van der Waals surface area contributed by atoms with E-state index in [0.717, 1.165) is 0 Å². The van der Waals surface area contributed by atoms with Gasteiger partial charge in [0.2, 0.25) is 0 Å². The highest BCUT2D eigenvalue weighted by Crippen LogP contribution is 2.23. The maximum absolute atomic E-state index is 12.0. The largest absolute Gasteiger partial charge is 0.493 e. The molecule has 0 heterocycles. The molecule has 0 spiro atoms. The van der Waals surface area contributed by atoms with E-state index in [9.17, 15) is 14.4 Å². The molecule has 0 aliphatic rings. The number of rotatable bonds is 9. The highest BCUT2D eigenvalue weighted by Gasteiger charge is 2.26. The van der Waals surface area contributed by atoms with Crippen molar-refractivity contribution in [2.75, 3.05) is 11.9 Å². The number of carbonyl (C=O) groups is 3. The molecule has 0 saturated heterocycles. The number of anilines is 1. The van der Waals surface area contributed by atoms with E-state index in [0.29, 0.717) is 29.2 Å². The van der Waals surface area contributed by atoms with Crippen molar-refractivity contribution in [1.82, 2.24) is 0 Å². The standard InChI is InChI=1S/C20H21NO7/c1-2-27-17-9-8-13(11-16(18(22)23)19(24)25)10-14(17)12-28-20(26)21-15-6-4-3-5-7-15/h3-10,16H,2,11-12H2,1H3,(H,21,26)(H,22,23)(H,24,25). The zero-order valence-corrected chi connectivity index (χ0v) is 15.3. The van der Waals surface area contributed by atoms with Crippen molar-refractivity contribution in [2.45, 2.75) is 20.0 Å². The average molecular weight is 387 g/mol. The molecule has 0 saturated carbocycles. The van der Waals surface area contributed by atoms with Gasteiger partial charge in [-0.3, -0.25) is 14.9 Å². The van der Waals surface area contributed by atoms with Gasteiger partial charge in [-0.2, -0.15) is 0 Å². The number of nitrogens with one attached hydrogen (secondary N) is 1. The molecule has 8 heteroatoms. The van der Waals surface area contributed by atoms with Crippen LogP contribution in [-0.4, -0.2) is 34.9 Å². The SMILES string of the molecule is CCOc1ccc(CC(C(=O)O)C(=O)O)cc1COC(=O)Nc1ccccc1. The molecule has 2 aromatic carbocycles. The first-order valence-electron chi connectivity index (χ1n) is 8.59. The van der Waals surface area contributed by atoms with Crippen molar-refractivity contribution in [3.8, 4) is 5.75 Å². The lowest BCUT2D eigenvalue weighted by Crippen LogP contribution is -2.25. The number of hydrogen-bond donors (Lipinski definition) is 3. The molecule has 28 heavy (non-hydrogen) atoms. The molecule has 0 aliphatic heterocycles. The van der Waals surface area contributed by atoms with Crippen LogP contribution >= 0.6 is 0 Å². The van der Waals surface area contributed by atoms with Crippen molar-refractivity contribution < 1.29 is 34.1 Å². The van der Waals surface area contributed by atoms with Gasteiger partial charge in [-0.1, -0.05) is 24.3 Å². The van der Waals surface area contributed by atoms with Gasteiger partial charge in [0.25, 0.3) is 0 Å².